The minimum Gasteiger partial charge on any atom is -0.462 e. The summed E-state index contributed by atoms with van der Waals surface area (Å²) in [6.45, 7) is 3.85. The number of hydrogen-bond donors (Lipinski definition) is 1. The van der Waals surface area contributed by atoms with Crippen LogP contribution in [0.15, 0.2) is 24.5 Å². The number of hydrogen-bond acceptors (Lipinski definition) is 5. The van der Waals surface area contributed by atoms with Crippen molar-refractivity contribution in [1.29, 1.82) is 0 Å². The Labute approximate surface area is 130 Å². The van der Waals surface area contributed by atoms with E-state index in [9.17, 15) is 9.59 Å². The molecule has 2 rings (SSSR count). The molecule has 110 valence electrons. The molecule has 0 unspecified atom stereocenters. The first-order valence-corrected chi connectivity index (χ1v) is 7.40. The van der Waals surface area contributed by atoms with Gasteiger partial charge in [-0.3, -0.25) is 9.78 Å². The molecule has 7 heteroatoms. The molecule has 0 aliphatic heterocycles. The number of halogens is 1. The predicted molar refractivity (Wildman–Crippen MR) is 82.2 cm³/mol. The van der Waals surface area contributed by atoms with Crippen LogP contribution >= 0.6 is 22.9 Å². The first-order chi connectivity index (χ1) is 10.0. The molecule has 0 radical (unpaired) electrons. The Bertz CT molecular complexity index is 685. The van der Waals surface area contributed by atoms with Crippen molar-refractivity contribution in [2.45, 2.75) is 13.8 Å². The minimum atomic E-state index is -0.463. The number of thiophene rings is 1. The Hall–Kier alpha value is -1.92. The van der Waals surface area contributed by atoms with Crippen molar-refractivity contribution in [2.75, 3.05) is 11.9 Å². The monoisotopic (exact) mass is 324 g/mol. The summed E-state index contributed by atoms with van der Waals surface area (Å²) in [4.78, 5) is 28.8. The highest BCUT2D eigenvalue weighted by molar-refractivity contribution is 7.16. The largest absolute Gasteiger partial charge is 0.462 e. The van der Waals surface area contributed by atoms with Crippen molar-refractivity contribution < 1.29 is 14.3 Å². The van der Waals surface area contributed by atoms with E-state index in [0.29, 0.717) is 15.6 Å². The maximum atomic E-state index is 12.2. The van der Waals surface area contributed by atoms with Gasteiger partial charge in [0.2, 0.25) is 0 Å². The molecule has 0 saturated heterocycles. The molecule has 0 saturated carbocycles. The lowest BCUT2D eigenvalue weighted by molar-refractivity contribution is 0.0528. The predicted octanol–water partition coefficient (Wildman–Crippen LogP) is 3.53. The zero-order chi connectivity index (χ0) is 15.4. The number of anilines is 1. The van der Waals surface area contributed by atoms with E-state index >= 15 is 0 Å². The maximum absolute atomic E-state index is 12.2. The van der Waals surface area contributed by atoms with Crippen LogP contribution in [0.5, 0.6) is 0 Å². The van der Waals surface area contributed by atoms with Crippen LogP contribution in [0.3, 0.4) is 0 Å². The molecule has 1 amide bonds. The third-order valence-corrected chi connectivity index (χ3v) is 3.89. The number of aryl methyl sites for hydroxylation is 1. The third kappa shape index (κ3) is 3.59. The standard InChI is InChI=1S/C14H13ClN2O3S/c1-3-20-14(19)9-6-8(2)21-13(9)17-12(18)10-7-16-5-4-11(10)15/h4-7H,3H2,1-2H3,(H,17,18). The summed E-state index contributed by atoms with van der Waals surface area (Å²) in [5.41, 5.74) is 0.591. The van der Waals surface area contributed by atoms with Crippen LogP contribution in [-0.4, -0.2) is 23.5 Å². The minimum absolute atomic E-state index is 0.250. The summed E-state index contributed by atoms with van der Waals surface area (Å²) in [5, 5.41) is 3.42. The van der Waals surface area contributed by atoms with Crippen molar-refractivity contribution in [3.8, 4) is 0 Å². The van der Waals surface area contributed by atoms with E-state index < -0.39 is 11.9 Å². The second-order valence-electron chi connectivity index (χ2n) is 4.13. The zero-order valence-corrected chi connectivity index (χ0v) is 13.0. The Morgan fingerprint density at radius 3 is 2.86 bits per heavy atom. The third-order valence-electron chi connectivity index (χ3n) is 2.59. The summed E-state index contributed by atoms with van der Waals surface area (Å²) in [6.07, 6.45) is 2.88. The fraction of sp³-hybridized carbons (Fsp3) is 0.214. The van der Waals surface area contributed by atoms with Gasteiger partial charge in [0.1, 0.15) is 5.00 Å². The van der Waals surface area contributed by atoms with Gasteiger partial charge in [0, 0.05) is 17.3 Å². The normalized spacial score (nSPS) is 10.2. The lowest BCUT2D eigenvalue weighted by atomic mass is 10.2. The second kappa shape index (κ2) is 6.69. The number of carbonyl (C=O) groups is 2. The van der Waals surface area contributed by atoms with Crippen molar-refractivity contribution in [3.63, 3.8) is 0 Å². The molecule has 5 nitrogen and oxygen atoms in total. The number of nitrogens with zero attached hydrogens (tertiary/aromatic N) is 1. The number of aromatic nitrogens is 1. The average molecular weight is 325 g/mol. The van der Waals surface area contributed by atoms with E-state index in [1.165, 1.54) is 29.8 Å². The second-order valence-corrected chi connectivity index (χ2v) is 5.79. The van der Waals surface area contributed by atoms with Crippen molar-refractivity contribution in [1.82, 2.24) is 4.98 Å². The van der Waals surface area contributed by atoms with Gasteiger partial charge in [-0.15, -0.1) is 11.3 Å². The summed E-state index contributed by atoms with van der Waals surface area (Å²) < 4.78 is 4.97. The number of amides is 1. The van der Waals surface area contributed by atoms with E-state index in [0.717, 1.165) is 4.88 Å². The maximum Gasteiger partial charge on any atom is 0.341 e. The molecule has 0 fully saturated rings. The first kappa shape index (κ1) is 15.5. The van der Waals surface area contributed by atoms with Crippen molar-refractivity contribution in [3.05, 3.63) is 45.6 Å². The van der Waals surface area contributed by atoms with Crippen molar-refractivity contribution in [2.24, 2.45) is 0 Å². The number of rotatable bonds is 4. The summed E-state index contributed by atoms with van der Waals surface area (Å²) >= 11 is 7.25. The van der Waals surface area contributed by atoms with Gasteiger partial charge in [-0.05, 0) is 26.0 Å². The summed E-state index contributed by atoms with van der Waals surface area (Å²) in [6, 6.07) is 3.21. The molecule has 0 spiro atoms. The average Bonchev–Trinajstić information content (AvgIpc) is 2.80. The molecule has 0 aromatic carbocycles. The fourth-order valence-electron chi connectivity index (χ4n) is 1.68. The van der Waals surface area contributed by atoms with Crippen molar-refractivity contribution >= 4 is 39.8 Å². The SMILES string of the molecule is CCOC(=O)c1cc(C)sc1NC(=O)c1cnccc1Cl. The highest BCUT2D eigenvalue weighted by Crippen LogP contribution is 2.29. The van der Waals surface area contributed by atoms with Gasteiger partial charge in [-0.25, -0.2) is 4.79 Å². The highest BCUT2D eigenvalue weighted by atomic mass is 35.5. The quantitative estimate of drug-likeness (QED) is 0.873. The molecule has 0 aliphatic carbocycles. The number of ether oxygens (including phenoxy) is 1. The number of pyridine rings is 1. The molecular weight excluding hydrogens is 312 g/mol. The van der Waals surface area contributed by atoms with Gasteiger partial charge in [-0.2, -0.15) is 0 Å². The van der Waals surface area contributed by atoms with Crippen LogP contribution in [-0.2, 0) is 4.74 Å². The molecule has 2 aromatic rings. The Balaban J connectivity index is 2.26. The van der Waals surface area contributed by atoms with Gasteiger partial charge in [-0.1, -0.05) is 11.6 Å². The van der Waals surface area contributed by atoms with Gasteiger partial charge in [0.25, 0.3) is 5.91 Å². The van der Waals surface area contributed by atoms with Crippen LogP contribution in [0.25, 0.3) is 0 Å². The smallest absolute Gasteiger partial charge is 0.341 e. The molecular formula is C14H13ClN2O3S. The molecule has 1 N–H and O–H groups in total. The zero-order valence-electron chi connectivity index (χ0n) is 11.5. The van der Waals surface area contributed by atoms with E-state index in [-0.39, 0.29) is 12.2 Å². The topological polar surface area (TPSA) is 68.3 Å². The Kier molecular flexibility index (Phi) is 4.93. The Morgan fingerprint density at radius 1 is 1.43 bits per heavy atom. The van der Waals surface area contributed by atoms with Gasteiger partial charge < -0.3 is 10.1 Å². The number of nitrogens with one attached hydrogen (secondary N) is 1. The van der Waals surface area contributed by atoms with Crippen LogP contribution < -0.4 is 5.32 Å². The van der Waals surface area contributed by atoms with Crippen LogP contribution in [0, 0.1) is 6.92 Å². The molecule has 21 heavy (non-hydrogen) atoms. The fourth-order valence-corrected chi connectivity index (χ4v) is 2.77. The van der Waals surface area contributed by atoms with Crippen LogP contribution in [0.4, 0.5) is 5.00 Å². The molecule has 0 bridgehead atoms. The number of carbonyl (C=O) groups excluding carboxylic acids is 2. The van der Waals surface area contributed by atoms with E-state index in [2.05, 4.69) is 10.3 Å². The Morgan fingerprint density at radius 2 is 2.19 bits per heavy atom. The molecule has 0 aliphatic rings. The van der Waals surface area contributed by atoms with Gasteiger partial charge in [0.15, 0.2) is 0 Å². The molecule has 2 aromatic heterocycles. The summed E-state index contributed by atoms with van der Waals surface area (Å²) in [5.74, 6) is -0.880. The molecule has 2 heterocycles. The number of esters is 1. The van der Waals surface area contributed by atoms with Gasteiger partial charge in [0.05, 0.1) is 22.8 Å². The first-order valence-electron chi connectivity index (χ1n) is 6.21. The van der Waals surface area contributed by atoms with E-state index in [1.54, 1.807) is 13.0 Å². The van der Waals surface area contributed by atoms with E-state index in [4.69, 9.17) is 16.3 Å². The summed E-state index contributed by atoms with van der Waals surface area (Å²) in [7, 11) is 0. The molecule has 0 atom stereocenters. The highest BCUT2D eigenvalue weighted by Gasteiger charge is 2.19. The van der Waals surface area contributed by atoms with E-state index in [1.807, 2.05) is 6.92 Å². The lowest BCUT2D eigenvalue weighted by Crippen LogP contribution is -2.14. The van der Waals surface area contributed by atoms with Crippen LogP contribution in [0.1, 0.15) is 32.5 Å². The van der Waals surface area contributed by atoms with Crippen LogP contribution in [0.2, 0.25) is 5.02 Å². The van der Waals surface area contributed by atoms with Gasteiger partial charge >= 0.3 is 5.97 Å². The lowest BCUT2D eigenvalue weighted by Gasteiger charge is -2.06.